The summed E-state index contributed by atoms with van der Waals surface area (Å²) in [5.74, 6) is -0.113. The highest BCUT2D eigenvalue weighted by atomic mass is 32.1. The highest BCUT2D eigenvalue weighted by Crippen LogP contribution is 2.39. The number of amides is 2. The third kappa shape index (κ3) is 4.31. The summed E-state index contributed by atoms with van der Waals surface area (Å²) in [5, 5.41) is 6.23. The predicted octanol–water partition coefficient (Wildman–Crippen LogP) is 3.83. The van der Waals surface area contributed by atoms with Crippen molar-refractivity contribution in [1.82, 2.24) is 0 Å². The van der Waals surface area contributed by atoms with Crippen LogP contribution in [0.3, 0.4) is 0 Å². The van der Waals surface area contributed by atoms with Gasteiger partial charge in [-0.05, 0) is 31.2 Å². The lowest BCUT2D eigenvalue weighted by molar-refractivity contribution is 0.100. The molecule has 0 aliphatic carbocycles. The maximum atomic E-state index is 12.9. The quantitative estimate of drug-likeness (QED) is 0.433. The molecule has 0 radical (unpaired) electrons. The van der Waals surface area contributed by atoms with E-state index in [1.807, 2.05) is 19.1 Å². The number of nitrogens with one attached hydrogen (secondary N) is 2. The molecule has 0 saturated heterocycles. The Hall–Kier alpha value is -3.72. The minimum Gasteiger partial charge on any atom is -0.495 e. The second-order valence-corrected chi connectivity index (χ2v) is 7.14. The number of methoxy groups -OCH3 is 1. The molecule has 2 amide bonds. The van der Waals surface area contributed by atoms with Gasteiger partial charge in [-0.2, -0.15) is 0 Å². The summed E-state index contributed by atoms with van der Waals surface area (Å²) in [5.41, 5.74) is 12.8. The smallest absolute Gasteiger partial charge is 0.268 e. The highest BCUT2D eigenvalue weighted by Gasteiger charge is 2.25. The van der Waals surface area contributed by atoms with Crippen molar-refractivity contribution in [3.8, 4) is 11.5 Å². The molecule has 0 spiro atoms. The molecule has 2 aromatic carbocycles. The zero-order chi connectivity index (χ0) is 21.7. The molecule has 8 nitrogen and oxygen atoms in total. The Labute approximate surface area is 177 Å². The maximum absolute atomic E-state index is 12.9. The minimum atomic E-state index is -0.741. The lowest BCUT2D eigenvalue weighted by Gasteiger charge is -2.10. The Morgan fingerprint density at radius 3 is 2.30 bits per heavy atom. The summed E-state index contributed by atoms with van der Waals surface area (Å²) < 4.78 is 10.9. The zero-order valence-corrected chi connectivity index (χ0v) is 17.3. The van der Waals surface area contributed by atoms with Crippen LogP contribution < -0.4 is 31.6 Å². The number of ether oxygens (including phenoxy) is 2. The standard InChI is InChI=1S/C21H22N4O4S/c1-3-29-15-11-7-5-9-13(15)24-20(27)18-17(22)16(19(23)26)21(30-18)25-12-8-4-6-10-14(12)28-2/h4-11,25H,3,22H2,1-2H3,(H2,23,26)(H,24,27). The van der Waals surface area contributed by atoms with Gasteiger partial charge in [-0.15, -0.1) is 11.3 Å². The van der Waals surface area contributed by atoms with E-state index in [1.54, 1.807) is 36.4 Å². The molecule has 6 N–H and O–H groups in total. The van der Waals surface area contributed by atoms with E-state index in [0.29, 0.717) is 34.5 Å². The van der Waals surface area contributed by atoms with Crippen LogP contribution in [0.4, 0.5) is 22.1 Å². The zero-order valence-electron chi connectivity index (χ0n) is 16.5. The number of nitrogen functional groups attached to an aromatic ring is 1. The minimum absolute atomic E-state index is 0.0105. The second kappa shape index (κ2) is 9.19. The van der Waals surface area contributed by atoms with Gasteiger partial charge in [-0.25, -0.2) is 0 Å². The van der Waals surface area contributed by atoms with E-state index in [1.165, 1.54) is 7.11 Å². The number of para-hydroxylation sites is 4. The Kier molecular flexibility index (Phi) is 6.43. The van der Waals surface area contributed by atoms with Crippen LogP contribution in [0.1, 0.15) is 27.0 Å². The molecule has 1 heterocycles. The average Bonchev–Trinajstić information content (AvgIpc) is 3.06. The summed E-state index contributed by atoms with van der Waals surface area (Å²) in [6.07, 6.45) is 0. The number of hydrogen-bond acceptors (Lipinski definition) is 7. The molecule has 0 saturated carbocycles. The molecule has 0 atom stereocenters. The summed E-state index contributed by atoms with van der Waals surface area (Å²) >= 11 is 1.03. The van der Waals surface area contributed by atoms with Gasteiger partial charge in [0.1, 0.15) is 21.4 Å². The van der Waals surface area contributed by atoms with E-state index in [9.17, 15) is 9.59 Å². The fourth-order valence-electron chi connectivity index (χ4n) is 2.85. The SMILES string of the molecule is CCOc1ccccc1NC(=O)c1sc(Nc2ccccc2OC)c(C(N)=O)c1N. The van der Waals surface area contributed by atoms with E-state index in [4.69, 9.17) is 20.9 Å². The van der Waals surface area contributed by atoms with Crippen LogP contribution >= 0.6 is 11.3 Å². The largest absolute Gasteiger partial charge is 0.495 e. The number of benzene rings is 2. The van der Waals surface area contributed by atoms with E-state index in [2.05, 4.69) is 10.6 Å². The summed E-state index contributed by atoms with van der Waals surface area (Å²) in [6, 6.07) is 14.2. The summed E-state index contributed by atoms with van der Waals surface area (Å²) in [4.78, 5) is 25.1. The number of anilines is 4. The van der Waals surface area contributed by atoms with Gasteiger partial charge in [0.05, 0.1) is 36.3 Å². The van der Waals surface area contributed by atoms with Gasteiger partial charge >= 0.3 is 0 Å². The van der Waals surface area contributed by atoms with Crippen molar-refractivity contribution in [2.45, 2.75) is 6.92 Å². The van der Waals surface area contributed by atoms with E-state index in [0.717, 1.165) is 11.3 Å². The van der Waals surface area contributed by atoms with Crippen LogP contribution in [-0.2, 0) is 0 Å². The van der Waals surface area contributed by atoms with Gasteiger partial charge in [-0.1, -0.05) is 24.3 Å². The first kappa shape index (κ1) is 21.0. The third-order valence-corrected chi connectivity index (χ3v) is 5.31. The van der Waals surface area contributed by atoms with Gasteiger partial charge in [0.15, 0.2) is 0 Å². The molecular weight excluding hydrogens is 404 g/mol. The van der Waals surface area contributed by atoms with Crippen molar-refractivity contribution >= 4 is 45.2 Å². The first-order valence-corrected chi connectivity index (χ1v) is 9.93. The van der Waals surface area contributed by atoms with Gasteiger partial charge in [0.2, 0.25) is 0 Å². The third-order valence-electron chi connectivity index (χ3n) is 4.19. The van der Waals surface area contributed by atoms with Crippen molar-refractivity contribution in [3.63, 3.8) is 0 Å². The summed E-state index contributed by atoms with van der Waals surface area (Å²) in [7, 11) is 1.53. The van der Waals surface area contributed by atoms with Crippen LogP contribution in [0.5, 0.6) is 11.5 Å². The van der Waals surface area contributed by atoms with E-state index in [-0.39, 0.29) is 16.1 Å². The van der Waals surface area contributed by atoms with E-state index < -0.39 is 11.8 Å². The fraction of sp³-hybridized carbons (Fsp3) is 0.143. The maximum Gasteiger partial charge on any atom is 0.268 e. The first-order chi connectivity index (χ1) is 14.5. The molecule has 0 aliphatic heterocycles. The monoisotopic (exact) mass is 426 g/mol. The number of carbonyl (C=O) groups excluding carboxylic acids is 2. The number of thiophene rings is 1. The Morgan fingerprint density at radius 1 is 1.03 bits per heavy atom. The van der Waals surface area contributed by atoms with Gasteiger partial charge < -0.3 is 31.6 Å². The van der Waals surface area contributed by atoms with Crippen molar-refractivity contribution in [3.05, 3.63) is 59.0 Å². The average molecular weight is 426 g/mol. The Morgan fingerprint density at radius 2 is 1.67 bits per heavy atom. The van der Waals surface area contributed by atoms with Gasteiger partial charge in [-0.3, -0.25) is 9.59 Å². The van der Waals surface area contributed by atoms with Crippen LogP contribution in [0.25, 0.3) is 0 Å². The molecule has 9 heteroatoms. The lowest BCUT2D eigenvalue weighted by atomic mass is 10.2. The van der Waals surface area contributed by atoms with Crippen LogP contribution in [0.2, 0.25) is 0 Å². The molecule has 156 valence electrons. The molecule has 0 unspecified atom stereocenters. The molecular formula is C21H22N4O4S. The lowest BCUT2D eigenvalue weighted by Crippen LogP contribution is -2.16. The number of hydrogen-bond donors (Lipinski definition) is 4. The topological polar surface area (TPSA) is 129 Å². The van der Waals surface area contributed by atoms with E-state index >= 15 is 0 Å². The molecule has 1 aromatic heterocycles. The number of carbonyl (C=O) groups is 2. The summed E-state index contributed by atoms with van der Waals surface area (Å²) in [6.45, 7) is 2.30. The molecule has 30 heavy (non-hydrogen) atoms. The number of primary amides is 1. The molecule has 3 aromatic rings. The van der Waals surface area contributed by atoms with Crippen LogP contribution in [-0.4, -0.2) is 25.5 Å². The predicted molar refractivity (Wildman–Crippen MR) is 119 cm³/mol. The molecule has 3 rings (SSSR count). The number of nitrogens with two attached hydrogens (primary N) is 2. The second-order valence-electron chi connectivity index (χ2n) is 6.12. The fourth-order valence-corrected chi connectivity index (χ4v) is 3.88. The van der Waals surface area contributed by atoms with Crippen molar-refractivity contribution in [2.75, 3.05) is 30.1 Å². The van der Waals surface area contributed by atoms with Crippen molar-refractivity contribution < 1.29 is 19.1 Å². The van der Waals surface area contributed by atoms with Crippen LogP contribution in [0.15, 0.2) is 48.5 Å². The highest BCUT2D eigenvalue weighted by molar-refractivity contribution is 7.19. The van der Waals surface area contributed by atoms with Crippen molar-refractivity contribution in [1.29, 1.82) is 0 Å². The first-order valence-electron chi connectivity index (χ1n) is 9.11. The van der Waals surface area contributed by atoms with Crippen molar-refractivity contribution in [2.24, 2.45) is 5.73 Å². The normalized spacial score (nSPS) is 10.3. The molecule has 0 bridgehead atoms. The Balaban J connectivity index is 1.95. The number of rotatable bonds is 8. The molecule has 0 aliphatic rings. The molecule has 0 fully saturated rings. The van der Waals surface area contributed by atoms with Gasteiger partial charge in [0.25, 0.3) is 11.8 Å². The van der Waals surface area contributed by atoms with Crippen LogP contribution in [0, 0.1) is 0 Å². The Bertz CT molecular complexity index is 1080. The van der Waals surface area contributed by atoms with Gasteiger partial charge in [0, 0.05) is 0 Å².